The van der Waals surface area contributed by atoms with Crippen molar-refractivity contribution >= 4 is 68.7 Å². The van der Waals surface area contributed by atoms with Crippen LogP contribution in [0.5, 0.6) is 0 Å². The first-order valence-corrected chi connectivity index (χ1v) is 14.8. The van der Waals surface area contributed by atoms with Crippen LogP contribution in [0.4, 0.5) is 11.4 Å². The van der Waals surface area contributed by atoms with Crippen molar-refractivity contribution in [3.05, 3.63) is 131 Å². The molecule has 0 unspecified atom stereocenters. The van der Waals surface area contributed by atoms with Crippen molar-refractivity contribution in [2.75, 3.05) is 16.8 Å². The summed E-state index contributed by atoms with van der Waals surface area (Å²) in [4.78, 5) is 29.8. The van der Waals surface area contributed by atoms with Crippen LogP contribution in [-0.4, -0.2) is 33.5 Å². The maximum absolute atomic E-state index is 14.0. The molecule has 1 amide bonds. The molecule has 0 bridgehead atoms. The van der Waals surface area contributed by atoms with Gasteiger partial charge in [-0.05, 0) is 64.8 Å². The van der Waals surface area contributed by atoms with Crippen LogP contribution < -0.4 is 10.2 Å². The molecule has 8 heteroatoms. The van der Waals surface area contributed by atoms with Gasteiger partial charge in [0.15, 0.2) is 5.11 Å². The van der Waals surface area contributed by atoms with Gasteiger partial charge in [0.2, 0.25) is 0 Å². The highest BCUT2D eigenvalue weighted by atomic mass is 32.2. The van der Waals surface area contributed by atoms with Gasteiger partial charge in [0, 0.05) is 10.5 Å². The van der Waals surface area contributed by atoms with E-state index >= 15 is 0 Å². The third-order valence-electron chi connectivity index (χ3n) is 7.20. The van der Waals surface area contributed by atoms with Gasteiger partial charge < -0.3 is 15.3 Å². The van der Waals surface area contributed by atoms with Crippen LogP contribution in [0.3, 0.4) is 0 Å². The molecule has 2 aliphatic heterocycles. The number of carbonyl (C=O) groups is 2. The summed E-state index contributed by atoms with van der Waals surface area (Å²) in [5.74, 6) is -1.46. The van der Waals surface area contributed by atoms with Crippen LogP contribution in [-0.2, 0) is 16.0 Å². The highest BCUT2D eigenvalue weighted by Crippen LogP contribution is 2.46. The number of carboxylic acids is 1. The van der Waals surface area contributed by atoms with Crippen molar-refractivity contribution in [1.29, 1.82) is 0 Å². The molecule has 1 fully saturated rings. The average Bonchev–Trinajstić information content (AvgIpc) is 3.51. The Kier molecular flexibility index (Phi) is 7.65. The van der Waals surface area contributed by atoms with Crippen LogP contribution in [0.15, 0.2) is 125 Å². The number of hydrogen-bond donors (Lipinski definition) is 2. The minimum absolute atomic E-state index is 0.131. The molecule has 2 heterocycles. The fraction of sp³-hybridized carbons (Fsp3) is 0.0882. The van der Waals surface area contributed by atoms with Crippen LogP contribution in [0, 0.1) is 0 Å². The number of anilines is 2. The third kappa shape index (κ3) is 5.11. The summed E-state index contributed by atoms with van der Waals surface area (Å²) in [6.45, 7) is 1.73. The zero-order chi connectivity index (χ0) is 29.2. The van der Waals surface area contributed by atoms with Crippen LogP contribution in [0.25, 0.3) is 16.3 Å². The Balaban J connectivity index is 1.41. The minimum atomic E-state index is -1.08. The summed E-state index contributed by atoms with van der Waals surface area (Å²) < 4.78 is 0. The van der Waals surface area contributed by atoms with Gasteiger partial charge in [0.1, 0.15) is 12.2 Å². The normalized spacial score (nSPS) is 16.9. The van der Waals surface area contributed by atoms with E-state index < -0.39 is 12.5 Å². The van der Waals surface area contributed by atoms with Gasteiger partial charge >= 0.3 is 5.97 Å². The number of thioether (sulfide) groups is 1. The molecular weight excluding hydrogens is 563 g/mol. The van der Waals surface area contributed by atoms with E-state index in [1.807, 2.05) is 66.8 Å². The van der Waals surface area contributed by atoms with Crippen LogP contribution in [0.1, 0.15) is 18.1 Å². The lowest BCUT2D eigenvalue weighted by Crippen LogP contribution is -2.35. The zero-order valence-corrected chi connectivity index (χ0v) is 24.4. The third-order valence-corrected chi connectivity index (χ3v) is 8.60. The highest BCUT2D eigenvalue weighted by Gasteiger charge is 2.41. The lowest BCUT2D eigenvalue weighted by Gasteiger charge is -2.19. The molecule has 0 atom stereocenters. The molecule has 1 saturated heterocycles. The molecule has 4 aromatic rings. The number of amides is 1. The lowest BCUT2D eigenvalue weighted by molar-refractivity contribution is -0.137. The molecule has 42 heavy (non-hydrogen) atoms. The Morgan fingerprint density at radius 3 is 2.40 bits per heavy atom. The molecule has 0 spiro atoms. The Bertz CT molecular complexity index is 1810. The summed E-state index contributed by atoms with van der Waals surface area (Å²) in [6.07, 6.45) is 6.63. The summed E-state index contributed by atoms with van der Waals surface area (Å²) >= 11 is 7.34. The second kappa shape index (κ2) is 11.7. The molecule has 2 aliphatic rings. The van der Waals surface area contributed by atoms with Gasteiger partial charge in [-0.3, -0.25) is 14.5 Å². The number of allylic oxidation sites excluding steroid dienone is 4. The predicted molar refractivity (Wildman–Crippen MR) is 174 cm³/mol. The minimum Gasteiger partial charge on any atom is -0.480 e. The monoisotopic (exact) mass is 589 g/mol. The number of para-hydroxylation sites is 1. The number of carbonyl (C=O) groups excluding carboxylic acids is 1. The summed E-state index contributed by atoms with van der Waals surface area (Å²) in [5.41, 5.74) is 4.58. The Morgan fingerprint density at radius 2 is 1.69 bits per heavy atom. The first-order valence-electron chi connectivity index (χ1n) is 13.6. The first kappa shape index (κ1) is 27.5. The number of nitrogens with one attached hydrogen (secondary N) is 1. The van der Waals surface area contributed by atoms with E-state index in [-0.39, 0.29) is 16.7 Å². The molecular formula is C34H27N3O3S2. The first-order chi connectivity index (χ1) is 20.5. The van der Waals surface area contributed by atoms with E-state index in [1.165, 1.54) is 31.0 Å². The number of fused-ring (bicyclic) bond motifs is 2. The quantitative estimate of drug-likeness (QED) is 0.171. The van der Waals surface area contributed by atoms with Gasteiger partial charge in [-0.15, -0.1) is 0 Å². The second-order valence-corrected chi connectivity index (χ2v) is 11.2. The predicted octanol–water partition coefficient (Wildman–Crippen LogP) is 7.45. The van der Waals surface area contributed by atoms with E-state index in [2.05, 4.69) is 42.6 Å². The standard InChI is InChI=1S/C34H27N3O3S2/c1-2-25-26-17-10-9-14-23(26)20-28-31(25)35-29(42-28)19-11-18-27(22-12-5-3-6-13-22)32-33(40)37(24-15-7-4-8-16-24)34(41)36(32)21-30(38)39/h3-20,35H,2,21H2,1H3,(H,38,39). The topological polar surface area (TPSA) is 72.9 Å². The SMILES string of the molecule is CCc1c2c(cc3ccccc13)SC(=CC=CC(=C1C(=O)N(c3ccccc3)C(=S)N1CC(=O)O)c1ccccc1)N2. The van der Waals surface area contributed by atoms with Gasteiger partial charge in [0.25, 0.3) is 5.91 Å². The van der Waals surface area contributed by atoms with Crippen molar-refractivity contribution in [3.63, 3.8) is 0 Å². The number of benzene rings is 4. The number of aryl methyl sites for hydroxylation is 1. The van der Waals surface area contributed by atoms with Crippen molar-refractivity contribution in [1.82, 2.24) is 4.90 Å². The number of aliphatic carboxylic acids is 1. The Hall–Kier alpha value is -4.66. The number of nitrogens with zero attached hydrogens (tertiary/aromatic N) is 2. The van der Waals surface area contributed by atoms with Crippen molar-refractivity contribution in [2.24, 2.45) is 0 Å². The summed E-state index contributed by atoms with van der Waals surface area (Å²) in [5, 5.41) is 16.9. The molecule has 0 aromatic heterocycles. The molecule has 6 rings (SSSR count). The zero-order valence-electron chi connectivity index (χ0n) is 22.8. The van der Waals surface area contributed by atoms with Crippen LogP contribution in [0.2, 0.25) is 0 Å². The molecule has 4 aromatic carbocycles. The van der Waals surface area contributed by atoms with Gasteiger partial charge in [-0.1, -0.05) is 104 Å². The van der Waals surface area contributed by atoms with Gasteiger partial charge in [-0.25, -0.2) is 0 Å². The molecule has 0 saturated carbocycles. The smallest absolute Gasteiger partial charge is 0.323 e. The van der Waals surface area contributed by atoms with Crippen LogP contribution >= 0.6 is 24.0 Å². The maximum atomic E-state index is 14.0. The number of thiocarbonyl (C=S) groups is 1. The fourth-order valence-corrected chi connectivity index (χ4v) is 6.70. The van der Waals surface area contributed by atoms with Crippen molar-refractivity contribution < 1.29 is 14.7 Å². The summed E-state index contributed by atoms with van der Waals surface area (Å²) in [6, 6.07) is 29.2. The number of rotatable bonds is 7. The van der Waals surface area contributed by atoms with E-state index in [0.717, 1.165) is 22.7 Å². The number of hydrogen-bond acceptors (Lipinski definition) is 5. The Morgan fingerprint density at radius 1 is 1.00 bits per heavy atom. The molecule has 2 N–H and O–H groups in total. The highest BCUT2D eigenvalue weighted by molar-refractivity contribution is 8.03. The van der Waals surface area contributed by atoms with Gasteiger partial charge in [0.05, 0.1) is 16.4 Å². The Labute approximate surface area is 253 Å². The maximum Gasteiger partial charge on any atom is 0.323 e. The molecule has 208 valence electrons. The second-order valence-electron chi connectivity index (χ2n) is 9.79. The molecule has 0 radical (unpaired) electrons. The average molecular weight is 590 g/mol. The summed E-state index contributed by atoms with van der Waals surface area (Å²) in [7, 11) is 0. The van der Waals surface area contributed by atoms with Crippen molar-refractivity contribution in [3.8, 4) is 0 Å². The van der Waals surface area contributed by atoms with E-state index in [9.17, 15) is 14.7 Å². The van der Waals surface area contributed by atoms with Crippen molar-refractivity contribution in [2.45, 2.75) is 18.2 Å². The van der Waals surface area contributed by atoms with Gasteiger partial charge in [-0.2, -0.15) is 0 Å². The fourth-order valence-electron chi connectivity index (χ4n) is 5.36. The molecule has 6 nitrogen and oxygen atoms in total. The number of carboxylic acid groups (broad SMARTS) is 1. The van der Waals surface area contributed by atoms with E-state index in [0.29, 0.717) is 11.3 Å². The molecule has 0 aliphatic carbocycles. The lowest BCUT2D eigenvalue weighted by atomic mass is 10.0. The largest absolute Gasteiger partial charge is 0.480 e. The van der Waals surface area contributed by atoms with E-state index in [1.54, 1.807) is 23.9 Å². The van der Waals surface area contributed by atoms with E-state index in [4.69, 9.17) is 12.2 Å².